The Labute approximate surface area is 171 Å². The van der Waals surface area contributed by atoms with Crippen LogP contribution in [0.4, 0.5) is 10.1 Å². The van der Waals surface area contributed by atoms with Crippen molar-refractivity contribution in [3.8, 4) is 0 Å². The first-order chi connectivity index (χ1) is 13.0. The Bertz CT molecular complexity index is 904. The van der Waals surface area contributed by atoms with Crippen molar-refractivity contribution in [1.82, 2.24) is 0 Å². The standard InChI is InChI=1S/C21H21BrFNO4/c1-12(28-19(26)16-10-7-14(23)11-17(16)22)18(25)13-5-8-15(9-6-13)24-20(27)21(2,3)4/h5-12H,1-4H3,(H,24,27). The lowest BCUT2D eigenvalue weighted by Gasteiger charge is -2.18. The van der Waals surface area contributed by atoms with Gasteiger partial charge in [-0.25, -0.2) is 9.18 Å². The number of hydrogen-bond donors (Lipinski definition) is 1. The molecular weight excluding hydrogens is 429 g/mol. The van der Waals surface area contributed by atoms with Crippen molar-refractivity contribution >= 4 is 39.3 Å². The first-order valence-electron chi connectivity index (χ1n) is 8.61. The van der Waals surface area contributed by atoms with E-state index in [-0.39, 0.29) is 21.7 Å². The molecule has 0 saturated carbocycles. The van der Waals surface area contributed by atoms with E-state index in [1.54, 1.807) is 45.0 Å². The summed E-state index contributed by atoms with van der Waals surface area (Å²) >= 11 is 3.10. The number of hydrogen-bond acceptors (Lipinski definition) is 4. The van der Waals surface area contributed by atoms with Gasteiger partial charge in [-0.05, 0) is 65.3 Å². The summed E-state index contributed by atoms with van der Waals surface area (Å²) in [5.41, 5.74) is 0.496. The molecule has 0 spiro atoms. The number of anilines is 1. The van der Waals surface area contributed by atoms with Crippen LogP contribution in [0.15, 0.2) is 46.9 Å². The number of rotatable bonds is 5. The Hall–Kier alpha value is -2.54. The quantitative estimate of drug-likeness (QED) is 0.514. The van der Waals surface area contributed by atoms with E-state index in [4.69, 9.17) is 4.74 Å². The van der Waals surface area contributed by atoms with Gasteiger partial charge in [-0.1, -0.05) is 20.8 Å². The van der Waals surface area contributed by atoms with Crippen LogP contribution in [0.2, 0.25) is 0 Å². The maximum Gasteiger partial charge on any atom is 0.340 e. The Kier molecular flexibility index (Phi) is 6.72. The molecule has 0 fully saturated rings. The lowest BCUT2D eigenvalue weighted by atomic mass is 9.95. The van der Waals surface area contributed by atoms with Crippen LogP contribution in [0.5, 0.6) is 0 Å². The number of amides is 1. The summed E-state index contributed by atoms with van der Waals surface area (Å²) in [5.74, 6) is -1.76. The number of halogens is 2. The fourth-order valence-electron chi connectivity index (χ4n) is 2.20. The van der Waals surface area contributed by atoms with Crippen molar-refractivity contribution in [2.45, 2.75) is 33.8 Å². The van der Waals surface area contributed by atoms with Crippen molar-refractivity contribution < 1.29 is 23.5 Å². The number of benzene rings is 2. The number of Topliss-reactive ketones (excluding diaryl/α,β-unsaturated/α-hetero) is 1. The smallest absolute Gasteiger partial charge is 0.340 e. The van der Waals surface area contributed by atoms with E-state index >= 15 is 0 Å². The van der Waals surface area contributed by atoms with Crippen LogP contribution in [-0.2, 0) is 9.53 Å². The predicted octanol–water partition coefficient (Wildman–Crippen LogP) is 5.00. The summed E-state index contributed by atoms with van der Waals surface area (Å²) in [6.45, 7) is 6.87. The first kappa shape index (κ1) is 21.8. The van der Waals surface area contributed by atoms with Gasteiger partial charge in [0.2, 0.25) is 11.7 Å². The molecule has 0 aliphatic rings. The van der Waals surface area contributed by atoms with Gasteiger partial charge in [0.1, 0.15) is 5.82 Å². The minimum Gasteiger partial charge on any atom is -0.451 e. The monoisotopic (exact) mass is 449 g/mol. The van der Waals surface area contributed by atoms with E-state index in [1.807, 2.05) is 0 Å². The van der Waals surface area contributed by atoms with Gasteiger partial charge in [-0.3, -0.25) is 9.59 Å². The van der Waals surface area contributed by atoms with Crippen molar-refractivity contribution in [1.29, 1.82) is 0 Å². The molecule has 5 nitrogen and oxygen atoms in total. The van der Waals surface area contributed by atoms with E-state index in [9.17, 15) is 18.8 Å². The Morgan fingerprint density at radius 3 is 2.21 bits per heavy atom. The molecule has 0 aliphatic heterocycles. The van der Waals surface area contributed by atoms with Crippen molar-refractivity contribution in [2.24, 2.45) is 5.41 Å². The fraction of sp³-hybridized carbons (Fsp3) is 0.286. The zero-order valence-electron chi connectivity index (χ0n) is 16.0. The molecule has 0 saturated heterocycles. The van der Waals surface area contributed by atoms with Gasteiger partial charge < -0.3 is 10.1 Å². The molecule has 0 heterocycles. The third kappa shape index (κ3) is 5.48. The van der Waals surface area contributed by atoms with E-state index in [0.717, 1.165) is 12.1 Å². The highest BCUT2D eigenvalue weighted by Gasteiger charge is 2.23. The fourth-order valence-corrected chi connectivity index (χ4v) is 2.72. The highest BCUT2D eigenvalue weighted by molar-refractivity contribution is 9.10. The molecule has 148 valence electrons. The summed E-state index contributed by atoms with van der Waals surface area (Å²) in [6.07, 6.45) is -1.03. The average molecular weight is 450 g/mol. The lowest BCUT2D eigenvalue weighted by Crippen LogP contribution is -2.27. The molecule has 1 N–H and O–H groups in total. The van der Waals surface area contributed by atoms with E-state index in [2.05, 4.69) is 21.2 Å². The molecule has 7 heteroatoms. The zero-order valence-corrected chi connectivity index (χ0v) is 17.6. The third-order valence-corrected chi connectivity index (χ3v) is 4.57. The SMILES string of the molecule is CC(OC(=O)c1ccc(F)cc1Br)C(=O)c1ccc(NC(=O)C(C)(C)C)cc1. The topological polar surface area (TPSA) is 72.5 Å². The van der Waals surface area contributed by atoms with Crippen LogP contribution >= 0.6 is 15.9 Å². The minimum atomic E-state index is -1.03. The number of ether oxygens (including phenoxy) is 1. The van der Waals surface area contributed by atoms with Gasteiger partial charge in [0.05, 0.1) is 5.56 Å². The molecule has 28 heavy (non-hydrogen) atoms. The van der Waals surface area contributed by atoms with Crippen LogP contribution in [0.25, 0.3) is 0 Å². The molecule has 1 atom stereocenters. The van der Waals surface area contributed by atoms with Gasteiger partial charge in [0.25, 0.3) is 0 Å². The van der Waals surface area contributed by atoms with Crippen LogP contribution < -0.4 is 5.32 Å². The third-order valence-electron chi connectivity index (χ3n) is 3.91. The van der Waals surface area contributed by atoms with Crippen molar-refractivity contribution in [2.75, 3.05) is 5.32 Å². The molecule has 1 amide bonds. The second kappa shape index (κ2) is 8.65. The molecule has 1 unspecified atom stereocenters. The Morgan fingerprint density at radius 2 is 1.68 bits per heavy atom. The van der Waals surface area contributed by atoms with Gasteiger partial charge in [0.15, 0.2) is 6.10 Å². The second-order valence-electron chi connectivity index (χ2n) is 7.32. The maximum atomic E-state index is 13.1. The van der Waals surface area contributed by atoms with E-state index in [0.29, 0.717) is 11.3 Å². The van der Waals surface area contributed by atoms with Gasteiger partial charge >= 0.3 is 5.97 Å². The van der Waals surface area contributed by atoms with Crippen LogP contribution in [-0.4, -0.2) is 23.8 Å². The summed E-state index contributed by atoms with van der Waals surface area (Å²) in [7, 11) is 0. The highest BCUT2D eigenvalue weighted by atomic mass is 79.9. The number of esters is 1. The molecule has 0 aromatic heterocycles. The summed E-state index contributed by atoms with van der Waals surface area (Å²) in [5, 5.41) is 2.77. The van der Waals surface area contributed by atoms with Crippen LogP contribution in [0, 0.1) is 11.2 Å². The van der Waals surface area contributed by atoms with E-state index < -0.39 is 23.3 Å². The summed E-state index contributed by atoms with van der Waals surface area (Å²) in [4.78, 5) is 36.7. The Balaban J connectivity index is 2.04. The molecule has 2 aromatic carbocycles. The number of carbonyl (C=O) groups excluding carboxylic acids is 3. The molecule has 0 radical (unpaired) electrons. The van der Waals surface area contributed by atoms with Crippen molar-refractivity contribution in [3.05, 3.63) is 63.9 Å². The van der Waals surface area contributed by atoms with Gasteiger partial charge in [-0.2, -0.15) is 0 Å². The normalized spacial score (nSPS) is 12.2. The first-order valence-corrected chi connectivity index (χ1v) is 9.40. The maximum absolute atomic E-state index is 13.1. The number of nitrogens with one attached hydrogen (secondary N) is 1. The number of ketones is 1. The number of carbonyl (C=O) groups is 3. The second-order valence-corrected chi connectivity index (χ2v) is 8.17. The Morgan fingerprint density at radius 1 is 1.07 bits per heavy atom. The largest absolute Gasteiger partial charge is 0.451 e. The van der Waals surface area contributed by atoms with Crippen molar-refractivity contribution in [3.63, 3.8) is 0 Å². The zero-order chi connectivity index (χ0) is 21.1. The summed E-state index contributed by atoms with van der Waals surface area (Å²) < 4.78 is 18.6. The predicted molar refractivity (Wildman–Crippen MR) is 108 cm³/mol. The van der Waals surface area contributed by atoms with E-state index in [1.165, 1.54) is 13.0 Å². The average Bonchev–Trinajstić information content (AvgIpc) is 2.60. The molecule has 2 rings (SSSR count). The minimum absolute atomic E-state index is 0.126. The van der Waals surface area contributed by atoms with Crippen LogP contribution in [0.1, 0.15) is 48.4 Å². The summed E-state index contributed by atoms with van der Waals surface area (Å²) in [6, 6.07) is 9.90. The van der Waals surface area contributed by atoms with Crippen LogP contribution in [0.3, 0.4) is 0 Å². The molecule has 0 bridgehead atoms. The lowest BCUT2D eigenvalue weighted by molar-refractivity contribution is -0.123. The molecule has 0 aliphatic carbocycles. The molecular formula is C21H21BrFNO4. The van der Waals surface area contributed by atoms with Gasteiger partial charge in [-0.15, -0.1) is 0 Å². The molecule has 2 aromatic rings. The van der Waals surface area contributed by atoms with Gasteiger partial charge in [0, 0.05) is 21.1 Å². The highest BCUT2D eigenvalue weighted by Crippen LogP contribution is 2.21.